The highest BCUT2D eigenvalue weighted by Crippen LogP contribution is 2.24. The summed E-state index contributed by atoms with van der Waals surface area (Å²) in [4.78, 5) is 2.07. The molecule has 1 aliphatic rings. The van der Waals surface area contributed by atoms with E-state index in [9.17, 15) is 10.2 Å². The van der Waals surface area contributed by atoms with Crippen LogP contribution in [0.25, 0.3) is 0 Å². The van der Waals surface area contributed by atoms with Crippen LogP contribution in [0.15, 0.2) is 30.3 Å². The Bertz CT molecular complexity index is 409. The molecule has 0 aliphatic carbocycles. The molecule has 2 rings (SSSR count). The van der Waals surface area contributed by atoms with E-state index in [-0.39, 0.29) is 43.6 Å². The van der Waals surface area contributed by atoms with Gasteiger partial charge in [-0.1, -0.05) is 30.3 Å². The molecule has 1 fully saturated rings. The predicted molar refractivity (Wildman–Crippen MR) is 91.9 cm³/mol. The first-order chi connectivity index (χ1) is 9.67. The molecule has 22 heavy (non-hydrogen) atoms. The first-order valence-electron chi connectivity index (χ1n) is 7.06. The molecule has 128 valence electrons. The Balaban J connectivity index is 0.00000220. The largest absolute Gasteiger partial charge is 0.394 e. The summed E-state index contributed by atoms with van der Waals surface area (Å²) in [5.74, 6) is 0. The number of likely N-dealkylation sites (N-methyl/N-ethyl adjacent to an activating group) is 1. The van der Waals surface area contributed by atoms with Gasteiger partial charge >= 0.3 is 0 Å². The summed E-state index contributed by atoms with van der Waals surface area (Å²) < 4.78 is 5.59. The lowest BCUT2D eigenvalue weighted by Crippen LogP contribution is -2.49. The number of nitrogens with two attached hydrogens (primary N) is 1. The van der Waals surface area contributed by atoms with Crippen LogP contribution >= 0.6 is 24.8 Å². The van der Waals surface area contributed by atoms with Gasteiger partial charge in [-0.15, -0.1) is 24.8 Å². The minimum Gasteiger partial charge on any atom is -0.394 e. The molecule has 4 N–H and O–H groups in total. The average Bonchev–Trinajstić information content (AvgIpc) is 2.82. The molecular weight excluding hydrogens is 327 g/mol. The van der Waals surface area contributed by atoms with Gasteiger partial charge in [-0.3, -0.25) is 4.90 Å². The van der Waals surface area contributed by atoms with Crippen molar-refractivity contribution in [1.82, 2.24) is 4.90 Å². The molecule has 1 saturated heterocycles. The molecule has 1 aliphatic heterocycles. The highest BCUT2D eigenvalue weighted by molar-refractivity contribution is 5.85. The first kappa shape index (κ1) is 21.6. The third kappa shape index (κ3) is 5.06. The van der Waals surface area contributed by atoms with Crippen LogP contribution in [0.2, 0.25) is 0 Å². The zero-order valence-electron chi connectivity index (χ0n) is 12.7. The SMILES string of the molecule is CN(CCc1ccccc1)[C@@H]1[C@H](O)[C@H](CO)O[C@@H]1CN.Cl.Cl. The van der Waals surface area contributed by atoms with Crippen molar-refractivity contribution < 1.29 is 14.9 Å². The molecule has 1 aromatic rings. The van der Waals surface area contributed by atoms with E-state index in [2.05, 4.69) is 17.0 Å². The Labute approximate surface area is 144 Å². The van der Waals surface area contributed by atoms with Crippen LogP contribution in [0.3, 0.4) is 0 Å². The second-order valence-electron chi connectivity index (χ2n) is 5.33. The van der Waals surface area contributed by atoms with Crippen LogP contribution in [-0.2, 0) is 11.2 Å². The van der Waals surface area contributed by atoms with E-state index in [0.717, 1.165) is 13.0 Å². The fraction of sp³-hybridized carbons (Fsp3) is 0.600. The monoisotopic (exact) mass is 352 g/mol. The molecule has 5 nitrogen and oxygen atoms in total. The number of aliphatic hydroxyl groups excluding tert-OH is 2. The summed E-state index contributed by atoms with van der Waals surface area (Å²) in [6.07, 6.45) is -0.563. The third-order valence-corrected chi connectivity index (χ3v) is 3.98. The van der Waals surface area contributed by atoms with Crippen LogP contribution in [0, 0.1) is 0 Å². The van der Waals surface area contributed by atoms with E-state index in [1.165, 1.54) is 5.56 Å². The highest BCUT2D eigenvalue weighted by atomic mass is 35.5. The van der Waals surface area contributed by atoms with Crippen LogP contribution in [-0.4, -0.2) is 66.2 Å². The Morgan fingerprint density at radius 1 is 1.18 bits per heavy atom. The molecule has 4 atom stereocenters. The number of nitrogens with zero attached hydrogens (tertiary/aromatic N) is 1. The molecule has 0 aromatic heterocycles. The summed E-state index contributed by atoms with van der Waals surface area (Å²) in [5, 5.41) is 19.4. The summed E-state index contributed by atoms with van der Waals surface area (Å²) in [7, 11) is 1.96. The maximum Gasteiger partial charge on any atom is 0.109 e. The lowest BCUT2D eigenvalue weighted by molar-refractivity contribution is -0.0193. The second-order valence-corrected chi connectivity index (χ2v) is 5.33. The van der Waals surface area contributed by atoms with Crippen molar-refractivity contribution in [3.05, 3.63) is 35.9 Å². The Kier molecular flexibility index (Phi) is 10.2. The molecule has 0 radical (unpaired) electrons. The van der Waals surface area contributed by atoms with Gasteiger partial charge in [0.05, 0.1) is 18.8 Å². The summed E-state index contributed by atoms with van der Waals surface area (Å²) in [6.45, 7) is 0.971. The van der Waals surface area contributed by atoms with Crippen LogP contribution in [0.5, 0.6) is 0 Å². The van der Waals surface area contributed by atoms with E-state index in [1.807, 2.05) is 25.2 Å². The molecule has 0 saturated carbocycles. The molecule has 1 heterocycles. The molecule has 0 spiro atoms. The van der Waals surface area contributed by atoms with Crippen LogP contribution in [0.4, 0.5) is 0 Å². The predicted octanol–water partition coefficient (Wildman–Crippen LogP) is 0.452. The highest BCUT2D eigenvalue weighted by Gasteiger charge is 2.44. The molecule has 0 unspecified atom stereocenters. The van der Waals surface area contributed by atoms with Crippen molar-refractivity contribution in [3.8, 4) is 0 Å². The van der Waals surface area contributed by atoms with Gasteiger partial charge in [0.25, 0.3) is 0 Å². The molecule has 7 heteroatoms. The van der Waals surface area contributed by atoms with Crippen LogP contribution in [0.1, 0.15) is 5.56 Å². The summed E-state index contributed by atoms with van der Waals surface area (Å²) in [5.41, 5.74) is 6.96. The van der Waals surface area contributed by atoms with Crippen molar-refractivity contribution in [3.63, 3.8) is 0 Å². The Morgan fingerprint density at radius 3 is 2.36 bits per heavy atom. The zero-order valence-corrected chi connectivity index (χ0v) is 14.3. The van der Waals surface area contributed by atoms with Gasteiger partial charge in [0.1, 0.15) is 12.2 Å². The number of halogens is 2. The smallest absolute Gasteiger partial charge is 0.109 e. The third-order valence-electron chi connectivity index (χ3n) is 3.98. The van der Waals surface area contributed by atoms with Gasteiger partial charge in [-0.2, -0.15) is 0 Å². The number of ether oxygens (including phenoxy) is 1. The lowest BCUT2D eigenvalue weighted by Gasteiger charge is -2.30. The minimum absolute atomic E-state index is 0. The van der Waals surface area contributed by atoms with Crippen molar-refractivity contribution in [2.75, 3.05) is 26.7 Å². The van der Waals surface area contributed by atoms with E-state index >= 15 is 0 Å². The topological polar surface area (TPSA) is 79.0 Å². The van der Waals surface area contributed by atoms with E-state index in [0.29, 0.717) is 6.54 Å². The van der Waals surface area contributed by atoms with Gasteiger partial charge in [0.2, 0.25) is 0 Å². The zero-order chi connectivity index (χ0) is 14.5. The lowest BCUT2D eigenvalue weighted by atomic mass is 10.0. The maximum absolute atomic E-state index is 10.2. The maximum atomic E-state index is 10.2. The Hall–Kier alpha value is -0.400. The molecular formula is C15H26Cl2N2O3. The normalized spacial score (nSPS) is 27.3. The van der Waals surface area contributed by atoms with Crippen molar-refractivity contribution in [2.24, 2.45) is 5.73 Å². The average molecular weight is 353 g/mol. The second kappa shape index (κ2) is 10.4. The van der Waals surface area contributed by atoms with E-state index < -0.39 is 12.2 Å². The quantitative estimate of drug-likeness (QED) is 0.692. The molecule has 1 aromatic carbocycles. The first-order valence-corrected chi connectivity index (χ1v) is 7.06. The van der Waals surface area contributed by atoms with Gasteiger partial charge in [-0.05, 0) is 19.0 Å². The standard InChI is InChI=1S/C15H24N2O3.2ClH/c1-17(8-7-11-5-3-2-4-6-11)14-12(9-16)20-13(10-18)15(14)19;;/h2-6,12-15,18-19H,7-10,16H2,1H3;2*1H/t12-,13+,14+,15-;;/m1../s1. The van der Waals surface area contributed by atoms with Gasteiger partial charge < -0.3 is 20.7 Å². The molecule has 0 bridgehead atoms. The van der Waals surface area contributed by atoms with Crippen molar-refractivity contribution in [2.45, 2.75) is 30.8 Å². The van der Waals surface area contributed by atoms with E-state index in [1.54, 1.807) is 0 Å². The fourth-order valence-electron chi connectivity index (χ4n) is 2.82. The molecule has 0 amide bonds. The van der Waals surface area contributed by atoms with Gasteiger partial charge in [0.15, 0.2) is 0 Å². The number of hydrogen-bond acceptors (Lipinski definition) is 5. The van der Waals surface area contributed by atoms with Gasteiger partial charge in [0, 0.05) is 13.1 Å². The summed E-state index contributed by atoms with van der Waals surface area (Å²) in [6, 6.07) is 10.1. The van der Waals surface area contributed by atoms with Crippen molar-refractivity contribution in [1.29, 1.82) is 0 Å². The number of benzene rings is 1. The summed E-state index contributed by atoms with van der Waals surface area (Å²) >= 11 is 0. The Morgan fingerprint density at radius 2 is 1.82 bits per heavy atom. The fourth-order valence-corrected chi connectivity index (χ4v) is 2.82. The van der Waals surface area contributed by atoms with E-state index in [4.69, 9.17) is 10.5 Å². The number of hydrogen-bond donors (Lipinski definition) is 3. The van der Waals surface area contributed by atoms with Crippen LogP contribution < -0.4 is 5.73 Å². The minimum atomic E-state index is -0.700. The van der Waals surface area contributed by atoms with Gasteiger partial charge in [-0.25, -0.2) is 0 Å². The number of aliphatic hydroxyl groups is 2. The number of rotatable bonds is 6. The van der Waals surface area contributed by atoms with Crippen molar-refractivity contribution >= 4 is 24.8 Å².